The summed E-state index contributed by atoms with van der Waals surface area (Å²) in [6, 6.07) is 2.02. The average Bonchev–Trinajstić information content (AvgIpc) is 2.57. The minimum atomic E-state index is -0.696. The maximum absolute atomic E-state index is 12.8. The zero-order valence-electron chi connectivity index (χ0n) is 13.0. The molecule has 0 radical (unpaired) electrons. The van der Waals surface area contributed by atoms with E-state index in [1.165, 1.54) is 14.2 Å². The van der Waals surface area contributed by atoms with Crippen molar-refractivity contribution in [1.82, 2.24) is 9.97 Å². The number of pyridine rings is 2. The van der Waals surface area contributed by atoms with Crippen LogP contribution >= 0.6 is 15.9 Å². The highest BCUT2D eigenvalue weighted by molar-refractivity contribution is 9.10. The predicted octanol–water partition coefficient (Wildman–Crippen LogP) is 1.94. The van der Waals surface area contributed by atoms with Crippen molar-refractivity contribution in [3.63, 3.8) is 0 Å². The first-order valence-corrected chi connectivity index (χ1v) is 7.19. The van der Waals surface area contributed by atoms with Crippen molar-refractivity contribution in [2.75, 3.05) is 25.7 Å². The topological polar surface area (TPSA) is 130 Å². The molecule has 2 heterocycles. The number of nitrogen functional groups attached to an aromatic ring is 2. The van der Waals surface area contributed by atoms with Gasteiger partial charge in [0, 0.05) is 12.1 Å². The highest BCUT2D eigenvalue weighted by Crippen LogP contribution is 2.18. The summed E-state index contributed by atoms with van der Waals surface area (Å²) in [5.41, 5.74) is 10.4. The third-order valence-electron chi connectivity index (χ3n) is 2.60. The number of rotatable bonds is 2. The summed E-state index contributed by atoms with van der Waals surface area (Å²) in [7, 11) is 2.40. The molecule has 2 rings (SSSR count). The van der Waals surface area contributed by atoms with Gasteiger partial charge in [0.1, 0.15) is 10.4 Å². The van der Waals surface area contributed by atoms with Crippen molar-refractivity contribution in [3.05, 3.63) is 46.0 Å². The van der Waals surface area contributed by atoms with Gasteiger partial charge in [-0.3, -0.25) is 0 Å². The van der Waals surface area contributed by atoms with Gasteiger partial charge in [0.25, 0.3) is 0 Å². The lowest BCUT2D eigenvalue weighted by Gasteiger charge is -2.03. The van der Waals surface area contributed by atoms with Crippen LogP contribution in [-0.2, 0) is 9.47 Å². The lowest BCUT2D eigenvalue weighted by Crippen LogP contribution is -2.09. The maximum atomic E-state index is 12.8. The molecule has 0 aliphatic carbocycles. The van der Waals surface area contributed by atoms with Gasteiger partial charge in [0.05, 0.1) is 31.8 Å². The summed E-state index contributed by atoms with van der Waals surface area (Å²) < 4.78 is 33.9. The number of ether oxygens (including phenoxy) is 2. The van der Waals surface area contributed by atoms with Crippen LogP contribution in [0.2, 0.25) is 0 Å². The molecule has 11 heteroatoms. The monoisotopic (exact) mass is 418 g/mol. The largest absolute Gasteiger partial charge is 0.464 e. The SMILES string of the molecule is COC(=O)c1nc(Br)c(F)cc1N.COC(=O)c1ncc(F)cc1N. The van der Waals surface area contributed by atoms with E-state index in [-0.39, 0.29) is 27.4 Å². The number of nitrogens with zero attached hydrogens (tertiary/aromatic N) is 2. The number of aromatic nitrogens is 2. The van der Waals surface area contributed by atoms with Crippen molar-refractivity contribution in [2.24, 2.45) is 0 Å². The lowest BCUT2D eigenvalue weighted by atomic mass is 10.3. The average molecular weight is 419 g/mol. The number of hydrogen-bond acceptors (Lipinski definition) is 8. The molecule has 0 amide bonds. The Morgan fingerprint density at radius 1 is 1.04 bits per heavy atom. The van der Waals surface area contributed by atoms with E-state index in [9.17, 15) is 18.4 Å². The minimum Gasteiger partial charge on any atom is -0.464 e. The summed E-state index contributed by atoms with van der Waals surface area (Å²) in [4.78, 5) is 28.9. The molecule has 2 aromatic heterocycles. The van der Waals surface area contributed by atoms with Crippen LogP contribution in [-0.4, -0.2) is 36.1 Å². The molecule has 2 aromatic rings. The highest BCUT2D eigenvalue weighted by atomic mass is 79.9. The molecular formula is C14H13BrF2N4O4. The van der Waals surface area contributed by atoms with Gasteiger partial charge in [0.15, 0.2) is 17.2 Å². The van der Waals surface area contributed by atoms with E-state index >= 15 is 0 Å². The Kier molecular flexibility index (Phi) is 7.18. The van der Waals surface area contributed by atoms with Crippen molar-refractivity contribution in [1.29, 1.82) is 0 Å². The van der Waals surface area contributed by atoms with Gasteiger partial charge in [-0.2, -0.15) is 0 Å². The Bertz CT molecular complexity index is 805. The van der Waals surface area contributed by atoms with Gasteiger partial charge in [-0.1, -0.05) is 0 Å². The Morgan fingerprint density at radius 3 is 2.08 bits per heavy atom. The number of hydrogen-bond donors (Lipinski definition) is 2. The third kappa shape index (κ3) is 5.35. The first kappa shape index (κ1) is 20.2. The van der Waals surface area contributed by atoms with Crippen LogP contribution in [0.5, 0.6) is 0 Å². The summed E-state index contributed by atoms with van der Waals surface area (Å²) >= 11 is 2.83. The Balaban J connectivity index is 0.000000251. The second-order valence-electron chi connectivity index (χ2n) is 4.27. The smallest absolute Gasteiger partial charge is 0.358 e. The number of methoxy groups -OCH3 is 2. The van der Waals surface area contributed by atoms with Gasteiger partial charge in [-0.05, 0) is 15.9 Å². The number of carbonyl (C=O) groups is 2. The van der Waals surface area contributed by atoms with Crippen LogP contribution in [0, 0.1) is 11.6 Å². The van der Waals surface area contributed by atoms with E-state index in [1.807, 2.05) is 0 Å². The predicted molar refractivity (Wildman–Crippen MR) is 87.6 cm³/mol. The number of carbonyl (C=O) groups excluding carboxylic acids is 2. The van der Waals surface area contributed by atoms with E-state index in [4.69, 9.17) is 11.5 Å². The lowest BCUT2D eigenvalue weighted by molar-refractivity contribution is 0.0586. The number of anilines is 2. The molecule has 25 heavy (non-hydrogen) atoms. The van der Waals surface area contributed by atoms with E-state index < -0.39 is 23.6 Å². The van der Waals surface area contributed by atoms with Gasteiger partial charge >= 0.3 is 11.9 Å². The molecule has 0 bridgehead atoms. The third-order valence-corrected chi connectivity index (χ3v) is 3.16. The van der Waals surface area contributed by atoms with Gasteiger partial charge in [-0.15, -0.1) is 0 Å². The van der Waals surface area contributed by atoms with Crippen molar-refractivity contribution in [2.45, 2.75) is 0 Å². The van der Waals surface area contributed by atoms with Crippen LogP contribution in [0.3, 0.4) is 0 Å². The number of nitrogens with two attached hydrogens (primary N) is 2. The number of esters is 2. The van der Waals surface area contributed by atoms with E-state index in [0.29, 0.717) is 0 Å². The molecule has 0 atom stereocenters. The maximum Gasteiger partial charge on any atom is 0.358 e. The fraction of sp³-hybridized carbons (Fsp3) is 0.143. The molecule has 134 valence electrons. The Labute approximate surface area is 149 Å². The number of halogens is 3. The molecule has 0 fully saturated rings. The standard InChI is InChI=1S/C7H6BrFN2O2.C7H7FN2O2/c1-13-7(12)5-4(10)2-3(9)6(8)11-5;1-12-7(11)6-5(9)2-4(8)3-10-6/h2H,10H2,1H3;2-3H,9H2,1H3. The van der Waals surface area contributed by atoms with Gasteiger partial charge in [0.2, 0.25) is 0 Å². The zero-order valence-corrected chi connectivity index (χ0v) is 14.6. The fourth-order valence-corrected chi connectivity index (χ4v) is 1.75. The second-order valence-corrected chi connectivity index (χ2v) is 5.02. The van der Waals surface area contributed by atoms with Crippen LogP contribution in [0.15, 0.2) is 22.9 Å². The molecule has 0 unspecified atom stereocenters. The minimum absolute atomic E-state index is 0.0261. The van der Waals surface area contributed by atoms with Crippen LogP contribution in [0.4, 0.5) is 20.2 Å². The quantitative estimate of drug-likeness (QED) is 0.558. The molecule has 0 saturated heterocycles. The second kappa shape index (κ2) is 8.87. The van der Waals surface area contributed by atoms with Crippen molar-refractivity contribution >= 4 is 39.2 Å². The van der Waals surface area contributed by atoms with Crippen molar-refractivity contribution in [3.8, 4) is 0 Å². The van der Waals surface area contributed by atoms with E-state index in [0.717, 1.165) is 18.3 Å². The summed E-state index contributed by atoms with van der Waals surface area (Å²) in [5.74, 6) is -2.57. The molecule has 0 aliphatic rings. The zero-order chi connectivity index (χ0) is 19.1. The molecule has 0 aliphatic heterocycles. The molecule has 4 N–H and O–H groups in total. The molecule has 0 aromatic carbocycles. The Hall–Kier alpha value is -2.82. The Morgan fingerprint density at radius 2 is 1.56 bits per heavy atom. The molecular weight excluding hydrogens is 406 g/mol. The van der Waals surface area contributed by atoms with Gasteiger partial charge in [-0.25, -0.2) is 28.3 Å². The fourth-order valence-electron chi connectivity index (χ4n) is 1.46. The van der Waals surface area contributed by atoms with E-state index in [1.54, 1.807) is 0 Å². The molecule has 0 saturated carbocycles. The molecule has 0 spiro atoms. The van der Waals surface area contributed by atoms with Crippen LogP contribution < -0.4 is 11.5 Å². The summed E-state index contributed by atoms with van der Waals surface area (Å²) in [5, 5.41) is 0. The molecule has 8 nitrogen and oxygen atoms in total. The van der Waals surface area contributed by atoms with Crippen LogP contribution in [0.1, 0.15) is 21.0 Å². The summed E-state index contributed by atoms with van der Waals surface area (Å²) in [6.07, 6.45) is 0.905. The van der Waals surface area contributed by atoms with E-state index in [2.05, 4.69) is 35.4 Å². The van der Waals surface area contributed by atoms with Crippen LogP contribution in [0.25, 0.3) is 0 Å². The first-order valence-electron chi connectivity index (χ1n) is 6.40. The van der Waals surface area contributed by atoms with Gasteiger partial charge < -0.3 is 20.9 Å². The summed E-state index contributed by atoms with van der Waals surface area (Å²) in [6.45, 7) is 0. The normalized spacial score (nSPS) is 9.64. The first-order chi connectivity index (χ1) is 11.7. The highest BCUT2D eigenvalue weighted by Gasteiger charge is 2.15. The van der Waals surface area contributed by atoms with Crippen molar-refractivity contribution < 1.29 is 27.8 Å².